The molecule has 1 spiro atoms. The number of fused-ring (bicyclic) bond motifs is 5. The van der Waals surface area contributed by atoms with Crippen molar-refractivity contribution in [1.29, 1.82) is 5.26 Å². The van der Waals surface area contributed by atoms with Crippen molar-refractivity contribution in [2.75, 3.05) is 13.2 Å². The van der Waals surface area contributed by atoms with E-state index in [1.165, 1.54) is 5.57 Å². The van der Waals surface area contributed by atoms with Gasteiger partial charge in [-0.15, -0.1) is 0 Å². The van der Waals surface area contributed by atoms with Gasteiger partial charge in [-0.1, -0.05) is 25.5 Å². The summed E-state index contributed by atoms with van der Waals surface area (Å²) in [7, 11) is 0. The summed E-state index contributed by atoms with van der Waals surface area (Å²) < 4.78 is 12.0. The first-order valence-electron chi connectivity index (χ1n) is 10.6. The van der Waals surface area contributed by atoms with Crippen LogP contribution in [0.15, 0.2) is 11.6 Å². The van der Waals surface area contributed by atoms with Gasteiger partial charge in [0, 0.05) is 18.3 Å². The molecule has 1 aliphatic heterocycles. The van der Waals surface area contributed by atoms with Crippen LogP contribution >= 0.6 is 0 Å². The molecule has 2 N–H and O–H groups in total. The Morgan fingerprint density at radius 1 is 1.15 bits per heavy atom. The van der Waals surface area contributed by atoms with Crippen LogP contribution < -0.4 is 0 Å². The molecule has 5 rings (SSSR count). The van der Waals surface area contributed by atoms with E-state index in [0.29, 0.717) is 31.5 Å². The zero-order valence-corrected chi connectivity index (χ0v) is 16.4. The van der Waals surface area contributed by atoms with Crippen molar-refractivity contribution in [3.05, 3.63) is 11.6 Å². The largest absolute Gasteiger partial charge is 0.389 e. The van der Waals surface area contributed by atoms with Gasteiger partial charge in [0.2, 0.25) is 0 Å². The highest BCUT2D eigenvalue weighted by atomic mass is 16.7. The number of allylic oxidation sites excluding steroid dienone is 1. The van der Waals surface area contributed by atoms with Crippen LogP contribution in [-0.2, 0) is 9.47 Å². The molecule has 4 fully saturated rings. The van der Waals surface area contributed by atoms with Crippen LogP contribution in [-0.4, -0.2) is 40.9 Å². The zero-order chi connectivity index (χ0) is 19.1. The number of hydrogen-bond donors (Lipinski definition) is 2. The van der Waals surface area contributed by atoms with Crippen LogP contribution in [0.5, 0.6) is 0 Å². The summed E-state index contributed by atoms with van der Waals surface area (Å²) in [5.74, 6) is 0.767. The lowest BCUT2D eigenvalue weighted by Gasteiger charge is -2.59. The van der Waals surface area contributed by atoms with Crippen molar-refractivity contribution in [2.24, 2.45) is 28.6 Å². The third-order valence-corrected chi connectivity index (χ3v) is 9.31. The van der Waals surface area contributed by atoms with E-state index < -0.39 is 22.9 Å². The fourth-order valence-electron chi connectivity index (χ4n) is 7.57. The quantitative estimate of drug-likeness (QED) is 0.504. The van der Waals surface area contributed by atoms with Gasteiger partial charge in [0.1, 0.15) is 6.07 Å². The van der Waals surface area contributed by atoms with Crippen molar-refractivity contribution in [1.82, 2.24) is 0 Å². The van der Waals surface area contributed by atoms with Gasteiger partial charge in [-0.2, -0.15) is 5.26 Å². The summed E-state index contributed by atoms with van der Waals surface area (Å²) in [6, 6.07) is 2.08. The lowest BCUT2D eigenvalue weighted by molar-refractivity contribution is -0.187. The molecular weight excluding hydrogens is 342 g/mol. The second kappa shape index (κ2) is 5.57. The van der Waals surface area contributed by atoms with Gasteiger partial charge in [0.25, 0.3) is 0 Å². The minimum absolute atomic E-state index is 0.142. The lowest BCUT2D eigenvalue weighted by Crippen LogP contribution is -2.56. The first kappa shape index (κ1) is 18.1. The van der Waals surface area contributed by atoms with E-state index in [2.05, 4.69) is 19.1 Å². The van der Waals surface area contributed by atoms with Gasteiger partial charge in [0.15, 0.2) is 11.4 Å². The topological polar surface area (TPSA) is 82.7 Å². The molecule has 5 aliphatic rings. The van der Waals surface area contributed by atoms with Gasteiger partial charge in [0.05, 0.1) is 19.3 Å². The molecule has 0 bridgehead atoms. The smallest absolute Gasteiger partial charge is 0.182 e. The second-order valence-electron chi connectivity index (χ2n) is 10.1. The summed E-state index contributed by atoms with van der Waals surface area (Å²) in [4.78, 5) is 0. The summed E-state index contributed by atoms with van der Waals surface area (Å²) in [5, 5.41) is 31.2. The number of nitriles is 1. The van der Waals surface area contributed by atoms with Crippen LogP contribution in [0.1, 0.15) is 58.8 Å². The first-order valence-corrected chi connectivity index (χ1v) is 10.6. The van der Waals surface area contributed by atoms with Crippen LogP contribution in [0.2, 0.25) is 0 Å². The van der Waals surface area contributed by atoms with Crippen LogP contribution in [0.4, 0.5) is 0 Å². The fraction of sp³-hybridized carbons (Fsp3) is 0.864. The Balaban J connectivity index is 1.48. The van der Waals surface area contributed by atoms with Crippen LogP contribution in [0, 0.1) is 39.9 Å². The van der Waals surface area contributed by atoms with Crippen molar-refractivity contribution >= 4 is 0 Å². The van der Waals surface area contributed by atoms with Crippen LogP contribution in [0.3, 0.4) is 0 Å². The molecule has 5 heteroatoms. The third-order valence-electron chi connectivity index (χ3n) is 9.31. The molecular formula is C22H31NO4. The Kier molecular flexibility index (Phi) is 3.74. The highest BCUT2D eigenvalue weighted by Crippen LogP contribution is 2.67. The molecule has 0 aromatic carbocycles. The second-order valence-corrected chi connectivity index (χ2v) is 10.1. The summed E-state index contributed by atoms with van der Waals surface area (Å²) in [6.45, 7) is 5.83. The van der Waals surface area contributed by atoms with Gasteiger partial charge in [-0.25, -0.2) is 0 Å². The van der Waals surface area contributed by atoms with Crippen molar-refractivity contribution < 1.29 is 19.7 Å². The third kappa shape index (κ3) is 2.13. The first-order chi connectivity index (χ1) is 12.8. The van der Waals surface area contributed by atoms with E-state index in [0.717, 1.165) is 38.5 Å². The molecule has 0 radical (unpaired) electrons. The number of rotatable bonds is 0. The molecule has 1 heterocycles. The molecule has 0 aromatic rings. The monoisotopic (exact) mass is 373 g/mol. The Hall–Kier alpha value is -0.930. The molecule has 27 heavy (non-hydrogen) atoms. The van der Waals surface area contributed by atoms with Crippen molar-refractivity contribution in [3.63, 3.8) is 0 Å². The van der Waals surface area contributed by atoms with E-state index in [4.69, 9.17) is 9.47 Å². The number of ether oxygens (including phenoxy) is 2. The zero-order valence-electron chi connectivity index (χ0n) is 16.4. The molecule has 7 atom stereocenters. The van der Waals surface area contributed by atoms with Gasteiger partial charge < -0.3 is 19.7 Å². The Labute approximate surface area is 161 Å². The molecule has 0 amide bonds. The molecule has 0 aromatic heterocycles. The maximum absolute atomic E-state index is 11.0. The van der Waals surface area contributed by atoms with Crippen LogP contribution in [0.25, 0.3) is 0 Å². The normalized spacial score (nSPS) is 53.2. The Morgan fingerprint density at radius 2 is 1.89 bits per heavy atom. The van der Waals surface area contributed by atoms with Gasteiger partial charge in [-0.05, 0) is 55.3 Å². The maximum atomic E-state index is 11.0. The summed E-state index contributed by atoms with van der Waals surface area (Å²) in [6.07, 6.45) is 7.67. The van der Waals surface area contributed by atoms with E-state index >= 15 is 0 Å². The fourth-order valence-corrected chi connectivity index (χ4v) is 7.57. The summed E-state index contributed by atoms with van der Waals surface area (Å²) >= 11 is 0. The molecule has 148 valence electrons. The highest BCUT2D eigenvalue weighted by Gasteiger charge is 2.68. The lowest BCUT2D eigenvalue weighted by atomic mass is 9.47. The highest BCUT2D eigenvalue weighted by molar-refractivity contribution is 5.30. The minimum Gasteiger partial charge on any atom is -0.389 e. The number of nitrogens with zero attached hydrogens (tertiary/aromatic N) is 1. The van der Waals surface area contributed by atoms with Gasteiger partial charge in [-0.3, -0.25) is 0 Å². The number of hydrogen-bond acceptors (Lipinski definition) is 5. The van der Waals surface area contributed by atoms with E-state index in [1.807, 2.05) is 6.92 Å². The number of aliphatic hydroxyl groups is 2. The Bertz CT molecular complexity index is 722. The average molecular weight is 373 g/mol. The molecule has 4 aliphatic carbocycles. The summed E-state index contributed by atoms with van der Waals surface area (Å²) in [5.41, 5.74) is -0.509. The maximum Gasteiger partial charge on any atom is 0.182 e. The Morgan fingerprint density at radius 3 is 2.59 bits per heavy atom. The van der Waals surface area contributed by atoms with E-state index in [9.17, 15) is 15.5 Å². The molecule has 3 saturated carbocycles. The standard InChI is InChI=1S/C22H31NO4/c1-19-7-8-21(26-9-10-27-21)12-14(19)3-4-15-16(19)5-6-20(2)17(15)11-18(24)22(20,25)13-23/h3,15-18,24-25H,4-12H2,1-2H3/t15-,16+,17-,18+,19-,20-,22+/m0/s1. The average Bonchev–Trinajstić information content (AvgIpc) is 3.19. The molecule has 0 unspecified atom stereocenters. The molecule has 5 nitrogen and oxygen atoms in total. The van der Waals surface area contributed by atoms with E-state index in [-0.39, 0.29) is 11.3 Å². The molecule has 1 saturated heterocycles. The SMILES string of the molecule is C[C@]12CCC3(CC1=CC[C@H]1[C@H]2CC[C@@]2(C)[C@H]1C[C@@H](O)[C@]2(O)C#N)OCCO3. The van der Waals surface area contributed by atoms with Crippen molar-refractivity contribution in [2.45, 2.75) is 76.3 Å². The van der Waals surface area contributed by atoms with Gasteiger partial charge >= 0.3 is 0 Å². The predicted octanol–water partition coefficient (Wildman–Crippen LogP) is 2.92. The van der Waals surface area contributed by atoms with E-state index in [1.54, 1.807) is 0 Å². The minimum atomic E-state index is -1.62. The predicted molar refractivity (Wildman–Crippen MR) is 98.3 cm³/mol. The van der Waals surface area contributed by atoms with Crippen molar-refractivity contribution in [3.8, 4) is 6.07 Å². The number of aliphatic hydroxyl groups excluding tert-OH is 1.